The molecule has 0 radical (unpaired) electrons. The molecule has 0 saturated carbocycles. The Hall–Kier alpha value is -1.19. The van der Waals surface area contributed by atoms with E-state index in [2.05, 4.69) is 57.4 Å². The maximum Gasteiger partial charge on any atom is 0.0372 e. The van der Waals surface area contributed by atoms with Crippen LogP contribution in [0, 0.1) is 6.92 Å². The molecular formula is C15H17BrN2. The number of aryl methyl sites for hydroxylation is 1. The second kappa shape index (κ2) is 6.12. The molecule has 0 unspecified atom stereocenters. The Balaban J connectivity index is 1.98. The van der Waals surface area contributed by atoms with Crippen molar-refractivity contribution in [2.75, 3.05) is 0 Å². The quantitative estimate of drug-likeness (QED) is 0.923. The van der Waals surface area contributed by atoms with Crippen LogP contribution in [0.15, 0.2) is 47.1 Å². The number of pyridine rings is 1. The van der Waals surface area contributed by atoms with Crippen molar-refractivity contribution in [3.05, 3.63) is 63.9 Å². The summed E-state index contributed by atoms with van der Waals surface area (Å²) in [5.41, 5.74) is 3.54. The van der Waals surface area contributed by atoms with E-state index in [-0.39, 0.29) is 0 Å². The van der Waals surface area contributed by atoms with Crippen molar-refractivity contribution in [2.24, 2.45) is 0 Å². The van der Waals surface area contributed by atoms with Crippen molar-refractivity contribution >= 4 is 15.9 Å². The van der Waals surface area contributed by atoms with Crippen LogP contribution in [0.2, 0.25) is 0 Å². The zero-order chi connectivity index (χ0) is 13.0. The van der Waals surface area contributed by atoms with Crippen LogP contribution in [0.4, 0.5) is 0 Å². The maximum absolute atomic E-state index is 4.30. The van der Waals surface area contributed by atoms with Gasteiger partial charge in [-0.1, -0.05) is 40.2 Å². The number of nitrogens with zero attached hydrogens (tertiary/aromatic N) is 1. The third kappa shape index (κ3) is 3.40. The fourth-order valence-electron chi connectivity index (χ4n) is 1.81. The number of rotatable bonds is 4. The molecule has 94 valence electrons. The third-order valence-electron chi connectivity index (χ3n) is 2.96. The molecule has 1 atom stereocenters. The molecule has 0 amide bonds. The van der Waals surface area contributed by atoms with Gasteiger partial charge in [0.2, 0.25) is 0 Å². The Labute approximate surface area is 117 Å². The van der Waals surface area contributed by atoms with Crippen LogP contribution in [0.3, 0.4) is 0 Å². The summed E-state index contributed by atoms with van der Waals surface area (Å²) in [4.78, 5) is 4.30. The SMILES string of the molecule is Cc1ccc(CN[C@H](C)c2ccccc2Br)cn1. The molecule has 0 spiro atoms. The predicted octanol–water partition coefficient (Wildman–Crippen LogP) is 4.00. The first-order valence-corrected chi connectivity index (χ1v) is 6.85. The highest BCUT2D eigenvalue weighted by Crippen LogP contribution is 2.22. The van der Waals surface area contributed by atoms with E-state index in [1.54, 1.807) is 0 Å². The standard InChI is InChI=1S/C15H17BrN2/c1-11-7-8-13(9-17-11)10-18-12(2)14-5-3-4-6-15(14)16/h3-9,12,18H,10H2,1-2H3/t12-/m1/s1. The van der Waals surface area contributed by atoms with E-state index in [1.165, 1.54) is 11.1 Å². The average Bonchev–Trinajstić information content (AvgIpc) is 2.38. The van der Waals surface area contributed by atoms with Crippen LogP contribution in [-0.2, 0) is 6.54 Å². The van der Waals surface area contributed by atoms with E-state index >= 15 is 0 Å². The smallest absolute Gasteiger partial charge is 0.0372 e. The average molecular weight is 305 g/mol. The Morgan fingerprint density at radius 3 is 2.67 bits per heavy atom. The van der Waals surface area contributed by atoms with Crippen LogP contribution >= 0.6 is 15.9 Å². The molecule has 1 aromatic carbocycles. The third-order valence-corrected chi connectivity index (χ3v) is 3.68. The lowest BCUT2D eigenvalue weighted by Gasteiger charge is -2.15. The zero-order valence-electron chi connectivity index (χ0n) is 10.7. The minimum absolute atomic E-state index is 0.307. The summed E-state index contributed by atoms with van der Waals surface area (Å²) in [7, 11) is 0. The lowest BCUT2D eigenvalue weighted by atomic mass is 10.1. The summed E-state index contributed by atoms with van der Waals surface area (Å²) in [5, 5.41) is 3.51. The number of aromatic nitrogens is 1. The summed E-state index contributed by atoms with van der Waals surface area (Å²) in [5.74, 6) is 0. The number of nitrogens with one attached hydrogen (secondary N) is 1. The fourth-order valence-corrected chi connectivity index (χ4v) is 2.44. The van der Waals surface area contributed by atoms with Crippen LogP contribution in [-0.4, -0.2) is 4.98 Å². The number of hydrogen-bond donors (Lipinski definition) is 1. The van der Waals surface area contributed by atoms with Gasteiger partial charge in [-0.15, -0.1) is 0 Å². The normalized spacial score (nSPS) is 12.4. The number of hydrogen-bond acceptors (Lipinski definition) is 2. The van der Waals surface area contributed by atoms with Crippen LogP contribution < -0.4 is 5.32 Å². The highest BCUT2D eigenvalue weighted by molar-refractivity contribution is 9.10. The highest BCUT2D eigenvalue weighted by atomic mass is 79.9. The van der Waals surface area contributed by atoms with Gasteiger partial charge in [0.05, 0.1) is 0 Å². The lowest BCUT2D eigenvalue weighted by Crippen LogP contribution is -2.18. The van der Waals surface area contributed by atoms with Crippen molar-refractivity contribution in [1.82, 2.24) is 10.3 Å². The van der Waals surface area contributed by atoms with Crippen LogP contribution in [0.25, 0.3) is 0 Å². The maximum atomic E-state index is 4.30. The molecule has 1 heterocycles. The summed E-state index contributed by atoms with van der Waals surface area (Å²) < 4.78 is 1.15. The summed E-state index contributed by atoms with van der Waals surface area (Å²) in [6.45, 7) is 5.00. The molecule has 0 bridgehead atoms. The van der Waals surface area contributed by atoms with Crippen molar-refractivity contribution in [3.63, 3.8) is 0 Å². The first-order valence-electron chi connectivity index (χ1n) is 6.06. The topological polar surface area (TPSA) is 24.9 Å². The van der Waals surface area contributed by atoms with Crippen molar-refractivity contribution in [2.45, 2.75) is 26.4 Å². The van der Waals surface area contributed by atoms with Gasteiger partial charge in [-0.05, 0) is 37.1 Å². The van der Waals surface area contributed by atoms with Gasteiger partial charge < -0.3 is 5.32 Å². The monoisotopic (exact) mass is 304 g/mol. The van der Waals surface area contributed by atoms with Gasteiger partial charge in [-0.3, -0.25) is 4.98 Å². The number of halogens is 1. The Kier molecular flexibility index (Phi) is 4.50. The first kappa shape index (κ1) is 13.2. The second-order valence-electron chi connectivity index (χ2n) is 4.43. The molecule has 0 aliphatic heterocycles. The molecule has 3 heteroatoms. The van der Waals surface area contributed by atoms with E-state index in [0.29, 0.717) is 6.04 Å². The van der Waals surface area contributed by atoms with Gasteiger partial charge in [0, 0.05) is 29.0 Å². The van der Waals surface area contributed by atoms with Gasteiger partial charge in [0.25, 0.3) is 0 Å². The van der Waals surface area contributed by atoms with Gasteiger partial charge in [0.15, 0.2) is 0 Å². The molecule has 1 aromatic heterocycles. The molecule has 0 aliphatic carbocycles. The Bertz CT molecular complexity index is 508. The van der Waals surface area contributed by atoms with E-state index in [4.69, 9.17) is 0 Å². The zero-order valence-corrected chi connectivity index (χ0v) is 12.2. The fraction of sp³-hybridized carbons (Fsp3) is 0.267. The van der Waals surface area contributed by atoms with Crippen LogP contribution in [0.5, 0.6) is 0 Å². The molecule has 2 aromatic rings. The molecule has 2 rings (SSSR count). The number of benzene rings is 1. The van der Waals surface area contributed by atoms with E-state index in [9.17, 15) is 0 Å². The van der Waals surface area contributed by atoms with E-state index in [1.807, 2.05) is 25.3 Å². The van der Waals surface area contributed by atoms with Gasteiger partial charge in [0.1, 0.15) is 0 Å². The second-order valence-corrected chi connectivity index (χ2v) is 5.29. The Morgan fingerprint density at radius 2 is 2.00 bits per heavy atom. The van der Waals surface area contributed by atoms with Gasteiger partial charge in [-0.25, -0.2) is 0 Å². The molecule has 0 aliphatic rings. The molecule has 2 nitrogen and oxygen atoms in total. The largest absolute Gasteiger partial charge is 0.306 e. The Morgan fingerprint density at radius 1 is 1.22 bits per heavy atom. The molecule has 0 fully saturated rings. The van der Waals surface area contributed by atoms with Crippen LogP contribution in [0.1, 0.15) is 29.8 Å². The van der Waals surface area contributed by atoms with Gasteiger partial charge >= 0.3 is 0 Å². The lowest BCUT2D eigenvalue weighted by molar-refractivity contribution is 0.572. The van der Waals surface area contributed by atoms with Gasteiger partial charge in [-0.2, -0.15) is 0 Å². The van der Waals surface area contributed by atoms with E-state index < -0.39 is 0 Å². The minimum atomic E-state index is 0.307. The van der Waals surface area contributed by atoms with Crippen molar-refractivity contribution in [3.8, 4) is 0 Å². The molecule has 1 N–H and O–H groups in total. The van der Waals surface area contributed by atoms with Crippen molar-refractivity contribution < 1.29 is 0 Å². The summed E-state index contributed by atoms with van der Waals surface area (Å²) >= 11 is 3.58. The summed E-state index contributed by atoms with van der Waals surface area (Å²) in [6.07, 6.45) is 1.93. The summed E-state index contributed by atoms with van der Waals surface area (Å²) in [6, 6.07) is 12.8. The molecule has 0 saturated heterocycles. The first-order chi connectivity index (χ1) is 8.66. The minimum Gasteiger partial charge on any atom is -0.306 e. The predicted molar refractivity (Wildman–Crippen MR) is 78.4 cm³/mol. The van der Waals surface area contributed by atoms with E-state index in [0.717, 1.165) is 16.7 Å². The molecular weight excluding hydrogens is 288 g/mol. The molecule has 18 heavy (non-hydrogen) atoms. The highest BCUT2D eigenvalue weighted by Gasteiger charge is 2.07. The van der Waals surface area contributed by atoms with Crippen molar-refractivity contribution in [1.29, 1.82) is 0 Å².